The number of alkyl halides is 3. The number of aliphatic hydroxyl groups excluding tert-OH is 1. The number of hydrogen-bond acceptors (Lipinski definition) is 9. The molecule has 34 heavy (non-hydrogen) atoms. The molecule has 10 nitrogen and oxygen atoms in total. The summed E-state index contributed by atoms with van der Waals surface area (Å²) in [5.41, 5.74) is 6.65. The van der Waals surface area contributed by atoms with Crippen molar-refractivity contribution in [3.63, 3.8) is 0 Å². The molecule has 1 amide bonds. The van der Waals surface area contributed by atoms with Crippen molar-refractivity contribution in [1.82, 2.24) is 14.5 Å². The Balaban J connectivity index is 1.54. The molecule has 0 unspecified atom stereocenters. The number of fused-ring (bicyclic) bond motifs is 2. The smallest absolute Gasteiger partial charge is 0.459 e. The van der Waals surface area contributed by atoms with E-state index in [0.717, 1.165) is 11.3 Å². The van der Waals surface area contributed by atoms with Crippen LogP contribution in [0.3, 0.4) is 0 Å². The first-order chi connectivity index (χ1) is 16.0. The molecule has 0 radical (unpaired) electrons. The highest BCUT2D eigenvalue weighted by Gasteiger charge is 2.31. The molecule has 14 heteroatoms. The van der Waals surface area contributed by atoms with Crippen LogP contribution in [-0.4, -0.2) is 50.6 Å². The number of esters is 1. The van der Waals surface area contributed by atoms with Gasteiger partial charge >= 0.3 is 12.3 Å². The number of nitrogens with two attached hydrogens (primary N) is 1. The van der Waals surface area contributed by atoms with Crippen molar-refractivity contribution in [3.8, 4) is 5.75 Å². The predicted octanol–water partition coefficient (Wildman–Crippen LogP) is 2.83. The largest absolute Gasteiger partial charge is 0.573 e. The second-order valence-electron chi connectivity index (χ2n) is 7.04. The number of imidazole rings is 1. The van der Waals surface area contributed by atoms with Crippen LogP contribution >= 0.6 is 11.3 Å². The zero-order valence-corrected chi connectivity index (χ0v) is 18.1. The number of halogens is 3. The van der Waals surface area contributed by atoms with Crippen LogP contribution in [0, 0.1) is 0 Å². The molecule has 0 saturated carbocycles. The highest BCUT2D eigenvalue weighted by molar-refractivity contribution is 7.22. The number of aliphatic hydroxyl groups is 1. The molecule has 0 aliphatic heterocycles. The summed E-state index contributed by atoms with van der Waals surface area (Å²) < 4.78 is 48.3. The van der Waals surface area contributed by atoms with Crippen LogP contribution in [-0.2, 0) is 16.6 Å². The maximum Gasteiger partial charge on any atom is 0.573 e. The molecule has 0 aliphatic rings. The number of carbonyl (C=O) groups excluding carboxylic acids is 2. The second-order valence-corrected chi connectivity index (χ2v) is 8.07. The van der Waals surface area contributed by atoms with Crippen molar-refractivity contribution >= 4 is 55.5 Å². The van der Waals surface area contributed by atoms with Crippen LogP contribution < -0.4 is 15.8 Å². The molecule has 0 spiro atoms. The van der Waals surface area contributed by atoms with E-state index in [4.69, 9.17) is 10.5 Å². The zero-order chi connectivity index (χ0) is 24.6. The summed E-state index contributed by atoms with van der Waals surface area (Å²) in [7, 11) is 1.72. The normalized spacial score (nSPS) is 12.6. The molecule has 2 heterocycles. The summed E-state index contributed by atoms with van der Waals surface area (Å²) in [5.74, 6) is -1.76. The lowest BCUT2D eigenvalue weighted by Crippen LogP contribution is -2.33. The fourth-order valence-electron chi connectivity index (χ4n) is 3.01. The van der Waals surface area contributed by atoms with Gasteiger partial charge in [-0.2, -0.15) is 0 Å². The van der Waals surface area contributed by atoms with Crippen LogP contribution in [0.1, 0.15) is 10.4 Å². The van der Waals surface area contributed by atoms with Crippen molar-refractivity contribution in [2.24, 2.45) is 12.8 Å². The maximum absolute atomic E-state index is 12.5. The topological polar surface area (TPSA) is 142 Å². The number of anilines is 2. The van der Waals surface area contributed by atoms with E-state index < -0.39 is 30.9 Å². The average molecular weight is 495 g/mol. The summed E-state index contributed by atoms with van der Waals surface area (Å²) in [6.45, 7) is -0.575. The number of hydrogen-bond donors (Lipinski definition) is 3. The molecule has 0 bridgehead atoms. The third-order valence-electron chi connectivity index (χ3n) is 4.63. The van der Waals surface area contributed by atoms with Crippen LogP contribution in [0.25, 0.3) is 21.3 Å². The van der Waals surface area contributed by atoms with E-state index in [1.807, 2.05) is 0 Å². The van der Waals surface area contributed by atoms with Gasteiger partial charge in [-0.05, 0) is 30.3 Å². The molecule has 0 aliphatic carbocycles. The Morgan fingerprint density at radius 1 is 1.21 bits per heavy atom. The number of aryl methyl sites for hydroxylation is 1. The number of ether oxygens (including phenoxy) is 2. The molecule has 0 saturated heterocycles. The SMILES string of the molecule is Cn1c(Nc2nc3ccc(OC(F)(F)F)cc3s2)nc2cc(C(=O)OC[C@H](O)C(N)=O)ccc21. The lowest BCUT2D eigenvalue weighted by molar-refractivity contribution is -0.274. The van der Waals surface area contributed by atoms with Gasteiger partial charge < -0.3 is 30.2 Å². The lowest BCUT2D eigenvalue weighted by atomic mass is 10.2. The van der Waals surface area contributed by atoms with Gasteiger partial charge in [0.15, 0.2) is 11.2 Å². The van der Waals surface area contributed by atoms with E-state index in [9.17, 15) is 27.9 Å². The van der Waals surface area contributed by atoms with Gasteiger partial charge in [-0.25, -0.2) is 14.8 Å². The zero-order valence-electron chi connectivity index (χ0n) is 17.3. The molecular weight excluding hydrogens is 479 g/mol. The molecule has 178 valence electrons. The van der Waals surface area contributed by atoms with E-state index in [-0.39, 0.29) is 11.3 Å². The Hall–Kier alpha value is -3.91. The standard InChI is InChI=1S/C20H16F3N5O5S/c1-28-13-5-2-9(17(31)32-8-14(29)16(24)30)6-12(13)25-18(28)27-19-26-11-4-3-10(7-15(11)34-19)33-20(21,22)23/h2-7,14,29H,8H2,1H3,(H2,24,30)(H,25,26,27)/t14-/m0/s1. The number of aromatic nitrogens is 3. The monoisotopic (exact) mass is 495 g/mol. The van der Waals surface area contributed by atoms with E-state index in [2.05, 4.69) is 20.0 Å². The fourth-order valence-corrected chi connectivity index (χ4v) is 3.90. The van der Waals surface area contributed by atoms with Gasteiger partial charge in [0.25, 0.3) is 0 Å². The first-order valence-corrected chi connectivity index (χ1v) is 10.4. The summed E-state index contributed by atoms with van der Waals surface area (Å²) in [6.07, 6.45) is -6.40. The van der Waals surface area contributed by atoms with Crippen molar-refractivity contribution < 1.29 is 37.3 Å². The number of nitrogens with zero attached hydrogens (tertiary/aromatic N) is 3. The number of benzene rings is 2. The van der Waals surface area contributed by atoms with Crippen LogP contribution in [0.15, 0.2) is 36.4 Å². The van der Waals surface area contributed by atoms with Crippen LogP contribution in [0.4, 0.5) is 24.3 Å². The molecule has 2 aromatic heterocycles. The molecule has 4 N–H and O–H groups in total. The van der Waals surface area contributed by atoms with Crippen molar-refractivity contribution in [1.29, 1.82) is 0 Å². The Morgan fingerprint density at radius 3 is 2.68 bits per heavy atom. The second kappa shape index (κ2) is 8.79. The van der Waals surface area contributed by atoms with E-state index in [1.165, 1.54) is 30.3 Å². The minimum Gasteiger partial charge on any atom is -0.459 e. The Kier molecular flexibility index (Phi) is 6.01. The average Bonchev–Trinajstić information content (AvgIpc) is 3.30. The fraction of sp³-hybridized carbons (Fsp3) is 0.200. The minimum atomic E-state index is -4.79. The van der Waals surface area contributed by atoms with Gasteiger partial charge in [0, 0.05) is 13.1 Å². The lowest BCUT2D eigenvalue weighted by Gasteiger charge is -2.08. The summed E-state index contributed by atoms with van der Waals surface area (Å²) in [5, 5.41) is 12.8. The maximum atomic E-state index is 12.5. The Morgan fingerprint density at radius 2 is 1.97 bits per heavy atom. The first-order valence-electron chi connectivity index (χ1n) is 9.54. The van der Waals surface area contributed by atoms with Gasteiger partial charge in [-0.1, -0.05) is 11.3 Å². The van der Waals surface area contributed by atoms with E-state index in [0.29, 0.717) is 32.3 Å². The van der Waals surface area contributed by atoms with Crippen LogP contribution in [0.2, 0.25) is 0 Å². The van der Waals surface area contributed by atoms with Gasteiger partial charge in [0.05, 0.1) is 26.8 Å². The van der Waals surface area contributed by atoms with Gasteiger partial charge in [0.1, 0.15) is 12.4 Å². The Bertz CT molecular complexity index is 1400. The van der Waals surface area contributed by atoms with Crippen molar-refractivity contribution in [3.05, 3.63) is 42.0 Å². The van der Waals surface area contributed by atoms with Crippen molar-refractivity contribution in [2.75, 3.05) is 11.9 Å². The first kappa shape index (κ1) is 23.3. The van der Waals surface area contributed by atoms with Gasteiger partial charge in [-0.3, -0.25) is 4.79 Å². The van der Waals surface area contributed by atoms with E-state index in [1.54, 1.807) is 17.7 Å². The highest BCUT2D eigenvalue weighted by atomic mass is 32.1. The molecule has 2 aromatic carbocycles. The van der Waals surface area contributed by atoms with Crippen molar-refractivity contribution in [2.45, 2.75) is 12.5 Å². The highest BCUT2D eigenvalue weighted by Crippen LogP contribution is 2.33. The minimum absolute atomic E-state index is 0.144. The molecule has 4 aromatic rings. The summed E-state index contributed by atoms with van der Waals surface area (Å²) >= 11 is 1.11. The number of primary amides is 1. The summed E-state index contributed by atoms with van der Waals surface area (Å²) in [4.78, 5) is 31.8. The third-order valence-corrected chi connectivity index (χ3v) is 5.56. The predicted molar refractivity (Wildman–Crippen MR) is 116 cm³/mol. The molecule has 4 rings (SSSR count). The van der Waals surface area contributed by atoms with Gasteiger partial charge in [-0.15, -0.1) is 13.2 Å². The quantitative estimate of drug-likeness (QED) is 0.333. The number of carbonyl (C=O) groups is 2. The number of nitrogens with one attached hydrogen (secondary N) is 1. The summed E-state index contributed by atoms with van der Waals surface area (Å²) in [6, 6.07) is 8.43. The molecule has 0 fully saturated rings. The van der Waals surface area contributed by atoms with E-state index >= 15 is 0 Å². The number of amides is 1. The van der Waals surface area contributed by atoms with Gasteiger partial charge in [0.2, 0.25) is 11.9 Å². The molecule has 1 atom stereocenters. The van der Waals surface area contributed by atoms with Crippen LogP contribution in [0.5, 0.6) is 5.75 Å². The molecular formula is C20H16F3N5O5S. The third kappa shape index (κ3) is 5.02. The number of rotatable bonds is 7. The Labute approximate surface area is 192 Å². The number of thiazole rings is 1.